The molecule has 0 saturated heterocycles. The van der Waals surface area contributed by atoms with Gasteiger partial charge in [0.1, 0.15) is 17.0 Å². The van der Waals surface area contributed by atoms with E-state index in [0.717, 1.165) is 29.4 Å². The van der Waals surface area contributed by atoms with E-state index in [0.29, 0.717) is 5.92 Å². The molecule has 0 radical (unpaired) electrons. The predicted molar refractivity (Wildman–Crippen MR) is 220 cm³/mol. The zero-order valence-electron chi connectivity index (χ0n) is 29.2. The summed E-state index contributed by atoms with van der Waals surface area (Å²) in [6.45, 7) is 4.69. The number of anilines is 1. The molecule has 1 aliphatic carbocycles. The smallest absolute Gasteiger partial charge is 0.137 e. The molecule has 11 rings (SSSR count). The molecule has 1 aliphatic rings. The second kappa shape index (κ2) is 11.1. The molecular formula is C48H37N3O. The van der Waals surface area contributed by atoms with E-state index in [1.165, 1.54) is 82.6 Å². The van der Waals surface area contributed by atoms with Crippen molar-refractivity contribution < 1.29 is 4.42 Å². The maximum atomic E-state index is 6.48. The second-order valence-corrected chi connectivity index (χ2v) is 14.5. The minimum Gasteiger partial charge on any atom is -0.456 e. The van der Waals surface area contributed by atoms with Crippen molar-refractivity contribution >= 4 is 76.8 Å². The fraction of sp³-hybridized carbons (Fsp3) is 0.125. The fourth-order valence-electron chi connectivity index (χ4n) is 9.00. The van der Waals surface area contributed by atoms with Gasteiger partial charge in [-0.25, -0.2) is 0 Å². The van der Waals surface area contributed by atoms with E-state index in [-0.39, 0.29) is 6.04 Å². The van der Waals surface area contributed by atoms with Crippen molar-refractivity contribution in [2.24, 2.45) is 0 Å². The van der Waals surface area contributed by atoms with Gasteiger partial charge in [-0.1, -0.05) is 98.8 Å². The molecule has 4 heteroatoms. The summed E-state index contributed by atoms with van der Waals surface area (Å²) in [4.78, 5) is 0. The van der Waals surface area contributed by atoms with Crippen LogP contribution < -0.4 is 5.32 Å². The van der Waals surface area contributed by atoms with Crippen molar-refractivity contribution in [2.75, 3.05) is 5.32 Å². The largest absolute Gasteiger partial charge is 0.456 e. The first-order chi connectivity index (χ1) is 25.7. The van der Waals surface area contributed by atoms with Gasteiger partial charge in [0.2, 0.25) is 0 Å². The molecule has 0 aliphatic heterocycles. The Labute approximate surface area is 301 Å². The van der Waals surface area contributed by atoms with Gasteiger partial charge in [-0.3, -0.25) is 4.40 Å². The lowest BCUT2D eigenvalue weighted by Gasteiger charge is -2.20. The number of nitrogens with one attached hydrogen (secondary N) is 1. The molecule has 250 valence electrons. The van der Waals surface area contributed by atoms with Crippen LogP contribution in [0.5, 0.6) is 0 Å². The lowest BCUT2D eigenvalue weighted by Crippen LogP contribution is -2.19. The Balaban J connectivity index is 1.24. The molecule has 0 amide bonds. The third kappa shape index (κ3) is 4.09. The van der Waals surface area contributed by atoms with Gasteiger partial charge in [-0.15, -0.1) is 0 Å². The summed E-state index contributed by atoms with van der Waals surface area (Å²) in [6.07, 6.45) is 10.9. The lowest BCUT2D eigenvalue weighted by molar-refractivity contribution is 0.669. The van der Waals surface area contributed by atoms with Gasteiger partial charge in [-0.2, -0.15) is 0 Å². The van der Waals surface area contributed by atoms with Crippen LogP contribution in [0.2, 0.25) is 0 Å². The van der Waals surface area contributed by atoms with Gasteiger partial charge >= 0.3 is 0 Å². The summed E-state index contributed by atoms with van der Waals surface area (Å²) >= 11 is 0. The van der Waals surface area contributed by atoms with Crippen molar-refractivity contribution in [3.05, 3.63) is 151 Å². The van der Waals surface area contributed by atoms with E-state index >= 15 is 0 Å². The van der Waals surface area contributed by atoms with Crippen LogP contribution in [-0.4, -0.2) is 15.0 Å². The summed E-state index contributed by atoms with van der Waals surface area (Å²) in [5.74, 6) is 1.55. The number of aromatic nitrogens is 2. The van der Waals surface area contributed by atoms with Crippen molar-refractivity contribution in [1.82, 2.24) is 8.97 Å². The molecule has 0 bridgehead atoms. The highest BCUT2D eigenvalue weighted by atomic mass is 16.3. The normalized spacial score (nSPS) is 15.5. The van der Waals surface area contributed by atoms with E-state index in [1.807, 2.05) is 0 Å². The van der Waals surface area contributed by atoms with E-state index in [9.17, 15) is 0 Å². The fourth-order valence-corrected chi connectivity index (χ4v) is 9.00. The average Bonchev–Trinajstić information content (AvgIpc) is 3.93. The monoisotopic (exact) mass is 671 g/mol. The summed E-state index contributed by atoms with van der Waals surface area (Å²) in [6, 6.07) is 44.6. The minimum absolute atomic E-state index is 0.213. The first-order valence-electron chi connectivity index (χ1n) is 18.5. The van der Waals surface area contributed by atoms with Crippen LogP contribution in [0.25, 0.3) is 87.8 Å². The molecule has 4 aromatic heterocycles. The summed E-state index contributed by atoms with van der Waals surface area (Å²) in [5, 5.41) is 12.8. The van der Waals surface area contributed by atoms with Gasteiger partial charge in [0, 0.05) is 49.6 Å². The number of benzene rings is 6. The third-order valence-corrected chi connectivity index (χ3v) is 11.6. The number of nitrogens with zero attached hydrogens (tertiary/aromatic N) is 2. The van der Waals surface area contributed by atoms with Crippen molar-refractivity contribution in [3.63, 3.8) is 0 Å². The van der Waals surface area contributed by atoms with Gasteiger partial charge < -0.3 is 14.3 Å². The first-order valence-corrected chi connectivity index (χ1v) is 18.5. The van der Waals surface area contributed by atoms with E-state index < -0.39 is 0 Å². The van der Waals surface area contributed by atoms with E-state index in [2.05, 4.69) is 174 Å². The summed E-state index contributed by atoms with van der Waals surface area (Å²) in [7, 11) is 0. The minimum atomic E-state index is 0.213. The number of furan rings is 1. The Morgan fingerprint density at radius 3 is 2.29 bits per heavy atom. The van der Waals surface area contributed by atoms with Gasteiger partial charge in [0.25, 0.3) is 0 Å². The Morgan fingerprint density at radius 1 is 0.673 bits per heavy atom. The number of rotatable bonds is 6. The first kappa shape index (κ1) is 29.5. The zero-order chi connectivity index (χ0) is 34.5. The Hall–Kier alpha value is -6.26. The highest BCUT2D eigenvalue weighted by Gasteiger charge is 2.28. The standard InChI is InChI=1S/C48H37N3O/c1-3-29(2)44-39-28-31(30-22-24-41-37(26-30)34-18-10-12-20-40(34)50(41)33-16-8-5-9-17-33)27-38-35-23-25-43-45(36-19-11-13-21-42(36)52-43)47(35)51(46(38)39)48(44)49-32-14-6-4-7-15-32/h4-14,16-29,32,49H,3,15H2,1-2H3. The van der Waals surface area contributed by atoms with Crippen LogP contribution >= 0.6 is 0 Å². The van der Waals surface area contributed by atoms with E-state index in [4.69, 9.17) is 4.42 Å². The molecule has 10 aromatic rings. The van der Waals surface area contributed by atoms with Crippen LogP contribution in [0, 0.1) is 0 Å². The van der Waals surface area contributed by atoms with Gasteiger partial charge in [0.05, 0.1) is 27.5 Å². The Bertz CT molecular complexity index is 3080. The van der Waals surface area contributed by atoms with Gasteiger partial charge in [-0.05, 0) is 90.6 Å². The maximum Gasteiger partial charge on any atom is 0.137 e. The Kier molecular flexibility index (Phi) is 6.30. The van der Waals surface area contributed by atoms with Crippen molar-refractivity contribution in [3.8, 4) is 16.8 Å². The molecule has 0 spiro atoms. The van der Waals surface area contributed by atoms with E-state index in [1.54, 1.807) is 0 Å². The van der Waals surface area contributed by atoms with Crippen molar-refractivity contribution in [2.45, 2.75) is 38.6 Å². The Morgan fingerprint density at radius 2 is 1.44 bits per heavy atom. The number of hydrogen-bond donors (Lipinski definition) is 1. The SMILES string of the molecule is CCC(C)c1c(NC2C=CC=CC2)n2c3c1cc(-c1ccc4c(c1)c1ccccc1n4-c1ccccc1)cc3c1ccc3oc4ccccc4c3c12. The van der Waals surface area contributed by atoms with Crippen LogP contribution in [-0.2, 0) is 0 Å². The molecule has 4 heterocycles. The highest BCUT2D eigenvalue weighted by molar-refractivity contribution is 6.28. The molecule has 52 heavy (non-hydrogen) atoms. The number of allylic oxidation sites excluding steroid dienone is 2. The lowest BCUT2D eigenvalue weighted by atomic mass is 9.92. The molecule has 1 N–H and O–H groups in total. The summed E-state index contributed by atoms with van der Waals surface area (Å²) < 4.78 is 11.4. The summed E-state index contributed by atoms with van der Waals surface area (Å²) in [5.41, 5.74) is 11.8. The molecular weight excluding hydrogens is 635 g/mol. The third-order valence-electron chi connectivity index (χ3n) is 11.6. The topological polar surface area (TPSA) is 34.5 Å². The molecule has 0 saturated carbocycles. The van der Waals surface area contributed by atoms with Gasteiger partial charge in [0.15, 0.2) is 0 Å². The molecule has 6 aromatic carbocycles. The number of hydrogen-bond acceptors (Lipinski definition) is 2. The number of para-hydroxylation sites is 3. The van der Waals surface area contributed by atoms with Crippen LogP contribution in [0.4, 0.5) is 5.82 Å². The zero-order valence-corrected chi connectivity index (χ0v) is 29.2. The molecule has 2 unspecified atom stereocenters. The quantitative estimate of drug-likeness (QED) is 0.191. The molecule has 0 fully saturated rings. The van der Waals surface area contributed by atoms with Crippen molar-refractivity contribution in [1.29, 1.82) is 0 Å². The number of fused-ring (bicyclic) bond motifs is 10. The highest BCUT2D eigenvalue weighted by Crippen LogP contribution is 2.49. The second-order valence-electron chi connectivity index (χ2n) is 14.5. The predicted octanol–water partition coefficient (Wildman–Crippen LogP) is 13.2. The molecule has 4 nitrogen and oxygen atoms in total. The van der Waals surface area contributed by atoms with Crippen LogP contribution in [0.1, 0.15) is 38.2 Å². The molecule has 2 atom stereocenters. The average molecular weight is 672 g/mol. The maximum absolute atomic E-state index is 6.48. The van der Waals surface area contributed by atoms with Crippen LogP contribution in [0.15, 0.2) is 150 Å². The van der Waals surface area contributed by atoms with Crippen LogP contribution in [0.3, 0.4) is 0 Å².